The van der Waals surface area contributed by atoms with Crippen molar-refractivity contribution < 1.29 is 9.21 Å². The maximum absolute atomic E-state index is 12.1. The summed E-state index contributed by atoms with van der Waals surface area (Å²) in [4.78, 5) is 24.7. The van der Waals surface area contributed by atoms with Crippen LogP contribution in [0.15, 0.2) is 76.5 Å². The number of rotatable bonds is 4. The zero-order valence-corrected chi connectivity index (χ0v) is 13.5. The maximum Gasteiger partial charge on any atom is 0.327 e. The van der Waals surface area contributed by atoms with Gasteiger partial charge in [0.15, 0.2) is 5.76 Å². The fourth-order valence-corrected chi connectivity index (χ4v) is 2.35. The first kappa shape index (κ1) is 15.6. The summed E-state index contributed by atoms with van der Waals surface area (Å²) < 4.78 is 5.47. The zero-order chi connectivity index (χ0) is 17.8. The smallest absolute Gasteiger partial charge is 0.327 e. The fourth-order valence-electron chi connectivity index (χ4n) is 2.35. The van der Waals surface area contributed by atoms with Crippen LogP contribution < -0.4 is 5.43 Å². The number of benzene rings is 2. The Morgan fingerprint density at radius 3 is 2.58 bits per heavy atom. The van der Waals surface area contributed by atoms with Gasteiger partial charge in [0.25, 0.3) is 5.89 Å². The molecule has 4 rings (SSSR count). The molecule has 1 N–H and O–H groups in total. The number of hydrazone groups is 1. The van der Waals surface area contributed by atoms with Crippen LogP contribution in [-0.4, -0.2) is 27.1 Å². The van der Waals surface area contributed by atoms with E-state index in [9.17, 15) is 4.79 Å². The Labute approximate surface area is 148 Å². The number of carbonyl (C=O) groups is 1. The Balaban J connectivity index is 1.44. The highest BCUT2D eigenvalue weighted by atomic mass is 16.4. The zero-order valence-electron chi connectivity index (χ0n) is 13.5. The Kier molecular flexibility index (Phi) is 4.17. The molecule has 4 aromatic rings. The van der Waals surface area contributed by atoms with Crippen molar-refractivity contribution in [2.75, 3.05) is 0 Å². The van der Waals surface area contributed by atoms with Gasteiger partial charge in [-0.25, -0.2) is 15.4 Å². The molecule has 0 saturated heterocycles. The SMILES string of the molecule is O=C(N/N=C\c1cnc2ccccc2n1)c1ncc(-c2ccccc2)o1. The van der Waals surface area contributed by atoms with E-state index < -0.39 is 5.91 Å². The Morgan fingerprint density at radius 2 is 1.73 bits per heavy atom. The molecule has 0 spiro atoms. The molecule has 0 aliphatic carbocycles. The lowest BCUT2D eigenvalue weighted by Crippen LogP contribution is -2.18. The molecule has 7 heteroatoms. The van der Waals surface area contributed by atoms with Gasteiger partial charge < -0.3 is 4.42 Å². The summed E-state index contributed by atoms with van der Waals surface area (Å²) in [6, 6.07) is 16.9. The molecule has 2 aromatic heterocycles. The van der Waals surface area contributed by atoms with Crippen molar-refractivity contribution in [3.05, 3.63) is 78.6 Å². The summed E-state index contributed by atoms with van der Waals surface area (Å²) in [6.45, 7) is 0. The highest BCUT2D eigenvalue weighted by molar-refractivity contribution is 5.91. The molecule has 1 amide bonds. The van der Waals surface area contributed by atoms with Crippen LogP contribution in [0.5, 0.6) is 0 Å². The van der Waals surface area contributed by atoms with Crippen molar-refractivity contribution >= 4 is 23.2 Å². The molecule has 0 aliphatic rings. The van der Waals surface area contributed by atoms with Crippen LogP contribution in [-0.2, 0) is 0 Å². The van der Waals surface area contributed by atoms with E-state index in [1.54, 1.807) is 6.20 Å². The first-order valence-electron chi connectivity index (χ1n) is 7.86. The van der Waals surface area contributed by atoms with Crippen molar-refractivity contribution in [3.63, 3.8) is 0 Å². The number of hydrogen-bond acceptors (Lipinski definition) is 6. The number of fused-ring (bicyclic) bond motifs is 1. The molecule has 0 saturated carbocycles. The number of nitrogens with one attached hydrogen (secondary N) is 1. The van der Waals surface area contributed by atoms with Crippen LogP contribution in [0.3, 0.4) is 0 Å². The number of para-hydroxylation sites is 2. The average molecular weight is 343 g/mol. The first-order valence-corrected chi connectivity index (χ1v) is 7.86. The van der Waals surface area contributed by atoms with Crippen LogP contribution >= 0.6 is 0 Å². The highest BCUT2D eigenvalue weighted by Gasteiger charge is 2.13. The minimum absolute atomic E-state index is 0.0643. The normalized spacial score (nSPS) is 11.1. The van der Waals surface area contributed by atoms with Gasteiger partial charge >= 0.3 is 5.91 Å². The van der Waals surface area contributed by atoms with E-state index in [-0.39, 0.29) is 5.89 Å². The van der Waals surface area contributed by atoms with Crippen molar-refractivity contribution in [1.82, 2.24) is 20.4 Å². The monoisotopic (exact) mass is 343 g/mol. The van der Waals surface area contributed by atoms with E-state index in [2.05, 4.69) is 25.5 Å². The topological polar surface area (TPSA) is 93.3 Å². The molecule has 0 atom stereocenters. The number of carbonyl (C=O) groups excluding carboxylic acids is 1. The summed E-state index contributed by atoms with van der Waals surface area (Å²) in [7, 11) is 0. The highest BCUT2D eigenvalue weighted by Crippen LogP contribution is 2.19. The molecule has 2 heterocycles. The van der Waals surface area contributed by atoms with Crippen molar-refractivity contribution in [1.29, 1.82) is 0 Å². The fraction of sp³-hybridized carbons (Fsp3) is 0. The van der Waals surface area contributed by atoms with Crippen LogP contribution in [0.1, 0.15) is 16.4 Å². The second kappa shape index (κ2) is 6.94. The predicted molar refractivity (Wildman–Crippen MR) is 96.5 cm³/mol. The lowest BCUT2D eigenvalue weighted by molar-refractivity contribution is 0.0921. The molecule has 126 valence electrons. The second-order valence-corrected chi connectivity index (χ2v) is 5.38. The molecule has 26 heavy (non-hydrogen) atoms. The minimum Gasteiger partial charge on any atom is -0.432 e. The maximum atomic E-state index is 12.1. The third-order valence-corrected chi connectivity index (χ3v) is 3.59. The van der Waals surface area contributed by atoms with Crippen LogP contribution in [0, 0.1) is 0 Å². The van der Waals surface area contributed by atoms with Gasteiger partial charge in [0.1, 0.15) is 5.69 Å². The number of nitrogens with zero attached hydrogens (tertiary/aromatic N) is 4. The number of oxazole rings is 1. The number of aromatic nitrogens is 3. The van der Waals surface area contributed by atoms with E-state index in [0.717, 1.165) is 16.6 Å². The third-order valence-electron chi connectivity index (χ3n) is 3.59. The van der Waals surface area contributed by atoms with Crippen LogP contribution in [0.25, 0.3) is 22.4 Å². The molecule has 0 aliphatic heterocycles. The first-order chi connectivity index (χ1) is 12.8. The molecule has 7 nitrogen and oxygen atoms in total. The van der Waals surface area contributed by atoms with Crippen LogP contribution in [0.2, 0.25) is 0 Å². The quantitative estimate of drug-likeness (QED) is 0.454. The van der Waals surface area contributed by atoms with E-state index in [4.69, 9.17) is 4.42 Å². The molecule has 2 aromatic carbocycles. The van der Waals surface area contributed by atoms with Gasteiger partial charge in [0.2, 0.25) is 0 Å². The average Bonchev–Trinajstić information content (AvgIpc) is 3.19. The minimum atomic E-state index is -0.544. The predicted octanol–water partition coefficient (Wildman–Crippen LogP) is 3.05. The summed E-state index contributed by atoms with van der Waals surface area (Å²) in [5.74, 6) is -0.0945. The number of hydrogen-bond donors (Lipinski definition) is 1. The van der Waals surface area contributed by atoms with Gasteiger partial charge in [-0.15, -0.1) is 0 Å². The summed E-state index contributed by atoms with van der Waals surface area (Å²) in [6.07, 6.45) is 4.50. The standard InChI is InChI=1S/C19H13N5O2/c25-18(19-21-12-17(26-19)13-6-2-1-3-7-13)24-22-11-14-10-20-15-8-4-5-9-16(15)23-14/h1-12H,(H,24,25)/b22-11-. The van der Waals surface area contributed by atoms with E-state index in [1.807, 2.05) is 54.6 Å². The molecular formula is C19H13N5O2. The largest absolute Gasteiger partial charge is 0.432 e. The summed E-state index contributed by atoms with van der Waals surface area (Å²) in [5.41, 5.74) is 5.28. The molecule has 0 bridgehead atoms. The number of amides is 1. The molecule has 0 radical (unpaired) electrons. The van der Waals surface area contributed by atoms with Gasteiger partial charge in [0.05, 0.1) is 29.6 Å². The molecule has 0 unspecified atom stereocenters. The van der Waals surface area contributed by atoms with Crippen molar-refractivity contribution in [2.45, 2.75) is 0 Å². The lowest BCUT2D eigenvalue weighted by Gasteiger charge is -1.98. The summed E-state index contributed by atoms with van der Waals surface area (Å²) >= 11 is 0. The molecular weight excluding hydrogens is 330 g/mol. The Morgan fingerprint density at radius 1 is 0.962 bits per heavy atom. The van der Waals surface area contributed by atoms with Crippen molar-refractivity contribution in [2.24, 2.45) is 5.10 Å². The van der Waals surface area contributed by atoms with Crippen LogP contribution in [0.4, 0.5) is 0 Å². The van der Waals surface area contributed by atoms with Gasteiger partial charge in [-0.05, 0) is 12.1 Å². The van der Waals surface area contributed by atoms with E-state index in [1.165, 1.54) is 12.4 Å². The van der Waals surface area contributed by atoms with Crippen molar-refractivity contribution in [3.8, 4) is 11.3 Å². The van der Waals surface area contributed by atoms with Gasteiger partial charge in [-0.2, -0.15) is 5.10 Å². The van der Waals surface area contributed by atoms with E-state index >= 15 is 0 Å². The Bertz CT molecular complexity index is 1090. The third kappa shape index (κ3) is 3.32. The van der Waals surface area contributed by atoms with Gasteiger partial charge in [-0.3, -0.25) is 9.78 Å². The Hall–Kier alpha value is -3.87. The van der Waals surface area contributed by atoms with Gasteiger partial charge in [-0.1, -0.05) is 42.5 Å². The van der Waals surface area contributed by atoms with E-state index in [0.29, 0.717) is 11.5 Å². The molecule has 0 fully saturated rings. The second-order valence-electron chi connectivity index (χ2n) is 5.38. The van der Waals surface area contributed by atoms with Gasteiger partial charge in [0, 0.05) is 5.56 Å². The lowest BCUT2D eigenvalue weighted by atomic mass is 10.2. The summed E-state index contributed by atoms with van der Waals surface area (Å²) in [5, 5.41) is 3.88.